The fraction of sp³-hybridized carbons (Fsp3) is 0.250. The van der Waals surface area contributed by atoms with Gasteiger partial charge in [0, 0.05) is 24.3 Å². The fourth-order valence-electron chi connectivity index (χ4n) is 3.94. The number of aromatic nitrogens is 2. The molecule has 1 aromatic carbocycles. The number of carbonyl (C=O) groups is 1. The molecule has 1 aliphatic heterocycles. The van der Waals surface area contributed by atoms with E-state index in [1.165, 1.54) is 5.56 Å². The third-order valence-corrected chi connectivity index (χ3v) is 5.88. The molecule has 6 heteroatoms. The summed E-state index contributed by atoms with van der Waals surface area (Å²) >= 11 is 5.79. The lowest BCUT2D eigenvalue weighted by molar-refractivity contribution is -0.123. The van der Waals surface area contributed by atoms with Gasteiger partial charge >= 0.3 is 0 Å². The molecule has 1 saturated carbocycles. The number of pyridine rings is 1. The second-order valence-electron chi connectivity index (χ2n) is 7.06. The number of carbonyl (C=O) groups excluding carboxylic acids is 1. The van der Waals surface area contributed by atoms with Crippen LogP contribution in [-0.4, -0.2) is 25.9 Å². The minimum Gasteiger partial charge on any atom is -0.305 e. The molecule has 5 nitrogen and oxygen atoms in total. The van der Waals surface area contributed by atoms with Gasteiger partial charge in [-0.3, -0.25) is 9.69 Å². The van der Waals surface area contributed by atoms with Crippen molar-refractivity contribution in [2.75, 3.05) is 9.80 Å². The Labute approximate surface area is 156 Å². The zero-order valence-electron chi connectivity index (χ0n) is 14.4. The zero-order chi connectivity index (χ0) is 17.9. The number of amides is 1. The summed E-state index contributed by atoms with van der Waals surface area (Å²) in [6.07, 6.45) is 8.25. The Bertz CT molecular complexity index is 1040. The second-order valence-corrected chi connectivity index (χ2v) is 7.42. The van der Waals surface area contributed by atoms with Gasteiger partial charge in [-0.25, -0.2) is 4.98 Å². The highest BCUT2D eigenvalue weighted by molar-refractivity contribution is 7.81. The van der Waals surface area contributed by atoms with Gasteiger partial charge in [0.2, 0.25) is 0 Å². The first kappa shape index (κ1) is 15.5. The monoisotopic (exact) mass is 362 g/mol. The third kappa shape index (κ3) is 1.99. The van der Waals surface area contributed by atoms with Crippen LogP contribution < -0.4 is 9.80 Å². The lowest BCUT2D eigenvalue weighted by atomic mass is 9.75. The summed E-state index contributed by atoms with van der Waals surface area (Å²) in [7, 11) is 0. The molecule has 0 bridgehead atoms. The minimum atomic E-state index is -0.532. The molecule has 2 aromatic heterocycles. The van der Waals surface area contributed by atoms with Gasteiger partial charge in [-0.05, 0) is 62.7 Å². The quantitative estimate of drug-likeness (QED) is 0.652. The Morgan fingerprint density at radius 2 is 1.81 bits per heavy atom. The molecule has 1 saturated heterocycles. The summed E-state index contributed by atoms with van der Waals surface area (Å²) in [6, 6.07) is 12.1. The van der Waals surface area contributed by atoms with E-state index in [9.17, 15) is 4.79 Å². The van der Waals surface area contributed by atoms with Gasteiger partial charge in [-0.15, -0.1) is 0 Å². The van der Waals surface area contributed by atoms with Crippen LogP contribution in [-0.2, 0) is 4.79 Å². The Kier molecular flexibility index (Phi) is 3.21. The number of hydrogen-bond acceptors (Lipinski definition) is 3. The molecule has 5 rings (SSSR count). The summed E-state index contributed by atoms with van der Waals surface area (Å²) in [6.45, 7) is 2.06. The maximum Gasteiger partial charge on any atom is 0.259 e. The number of aryl methyl sites for hydroxylation is 1. The van der Waals surface area contributed by atoms with E-state index in [0.717, 1.165) is 36.3 Å². The zero-order valence-corrected chi connectivity index (χ0v) is 15.2. The number of imidazole rings is 1. The van der Waals surface area contributed by atoms with Crippen molar-refractivity contribution in [3.05, 3.63) is 60.6 Å². The predicted molar refractivity (Wildman–Crippen MR) is 106 cm³/mol. The van der Waals surface area contributed by atoms with Crippen LogP contribution in [0.2, 0.25) is 0 Å². The molecule has 3 heterocycles. The third-order valence-electron chi connectivity index (χ3n) is 5.52. The molecule has 3 aromatic rings. The van der Waals surface area contributed by atoms with Crippen molar-refractivity contribution in [2.45, 2.75) is 31.7 Å². The smallest absolute Gasteiger partial charge is 0.259 e. The van der Waals surface area contributed by atoms with Crippen LogP contribution in [0.5, 0.6) is 0 Å². The van der Waals surface area contributed by atoms with Gasteiger partial charge in [0.1, 0.15) is 11.2 Å². The molecule has 1 amide bonds. The normalized spacial score (nSPS) is 18.8. The van der Waals surface area contributed by atoms with E-state index in [1.54, 1.807) is 11.1 Å². The molecular weight excluding hydrogens is 344 g/mol. The highest BCUT2D eigenvalue weighted by Gasteiger charge is 2.59. The van der Waals surface area contributed by atoms with Crippen LogP contribution in [0.3, 0.4) is 0 Å². The van der Waals surface area contributed by atoms with Crippen molar-refractivity contribution in [1.82, 2.24) is 9.38 Å². The van der Waals surface area contributed by atoms with E-state index in [2.05, 4.69) is 41.1 Å². The fourth-order valence-corrected chi connectivity index (χ4v) is 4.41. The van der Waals surface area contributed by atoms with Crippen LogP contribution in [0.1, 0.15) is 24.8 Å². The topological polar surface area (TPSA) is 40.9 Å². The molecule has 0 atom stereocenters. The van der Waals surface area contributed by atoms with E-state index < -0.39 is 5.54 Å². The summed E-state index contributed by atoms with van der Waals surface area (Å²) in [5, 5.41) is 0.554. The molecule has 0 radical (unpaired) electrons. The van der Waals surface area contributed by atoms with Crippen molar-refractivity contribution in [3.8, 4) is 0 Å². The Morgan fingerprint density at radius 1 is 1.08 bits per heavy atom. The molecule has 0 N–H and O–H groups in total. The second kappa shape index (κ2) is 5.38. The first-order valence-corrected chi connectivity index (χ1v) is 9.19. The number of fused-ring (bicyclic) bond motifs is 1. The number of hydrogen-bond donors (Lipinski definition) is 0. The number of benzene rings is 1. The Hall–Kier alpha value is -2.73. The van der Waals surface area contributed by atoms with Crippen LogP contribution in [0.4, 0.5) is 11.4 Å². The molecular formula is C20H18N4OS. The maximum atomic E-state index is 13.4. The maximum absolute atomic E-state index is 13.4. The van der Waals surface area contributed by atoms with E-state index >= 15 is 0 Å². The Balaban J connectivity index is 1.62. The van der Waals surface area contributed by atoms with Crippen LogP contribution in [0.25, 0.3) is 5.65 Å². The van der Waals surface area contributed by atoms with E-state index in [0.29, 0.717) is 5.11 Å². The molecule has 1 aliphatic carbocycles. The Morgan fingerprint density at radius 3 is 2.50 bits per heavy atom. The summed E-state index contributed by atoms with van der Waals surface area (Å²) in [5.41, 5.74) is 3.28. The molecule has 2 fully saturated rings. The summed E-state index contributed by atoms with van der Waals surface area (Å²) in [5.74, 6) is 0.0776. The van der Waals surface area contributed by atoms with E-state index in [-0.39, 0.29) is 5.91 Å². The van der Waals surface area contributed by atoms with Gasteiger partial charge in [-0.1, -0.05) is 17.7 Å². The molecule has 0 unspecified atom stereocenters. The van der Waals surface area contributed by atoms with Crippen LogP contribution in [0.15, 0.2) is 55.0 Å². The first-order chi connectivity index (χ1) is 12.6. The van der Waals surface area contributed by atoms with Crippen molar-refractivity contribution >= 4 is 40.3 Å². The van der Waals surface area contributed by atoms with Gasteiger partial charge in [0.05, 0.1) is 5.69 Å². The lowest BCUT2D eigenvalue weighted by Gasteiger charge is -2.43. The van der Waals surface area contributed by atoms with Crippen molar-refractivity contribution in [3.63, 3.8) is 0 Å². The molecule has 2 aliphatic rings. The van der Waals surface area contributed by atoms with Crippen LogP contribution in [0, 0.1) is 6.92 Å². The summed E-state index contributed by atoms with van der Waals surface area (Å²) < 4.78 is 1.91. The lowest BCUT2D eigenvalue weighted by Crippen LogP contribution is -2.55. The highest BCUT2D eigenvalue weighted by atomic mass is 32.1. The number of rotatable bonds is 2. The van der Waals surface area contributed by atoms with Gasteiger partial charge < -0.3 is 9.30 Å². The average molecular weight is 362 g/mol. The van der Waals surface area contributed by atoms with Gasteiger partial charge in [-0.2, -0.15) is 0 Å². The minimum absolute atomic E-state index is 0.0776. The number of anilines is 2. The van der Waals surface area contributed by atoms with Crippen LogP contribution >= 0.6 is 12.2 Å². The van der Waals surface area contributed by atoms with E-state index in [4.69, 9.17) is 12.2 Å². The van der Waals surface area contributed by atoms with Crippen molar-refractivity contribution in [2.24, 2.45) is 0 Å². The molecule has 130 valence electrons. The number of thiocarbonyl (C=S) groups is 1. The largest absolute Gasteiger partial charge is 0.305 e. The van der Waals surface area contributed by atoms with Crippen molar-refractivity contribution < 1.29 is 4.79 Å². The van der Waals surface area contributed by atoms with Gasteiger partial charge in [0.15, 0.2) is 5.11 Å². The SMILES string of the molecule is Cc1ccc(N2C(=S)N(c3ccc4nccn4c3)C(=O)C23CCC3)cc1. The summed E-state index contributed by atoms with van der Waals surface area (Å²) in [4.78, 5) is 21.4. The predicted octanol–water partition coefficient (Wildman–Crippen LogP) is 3.70. The first-order valence-electron chi connectivity index (χ1n) is 8.78. The van der Waals surface area contributed by atoms with Crippen molar-refractivity contribution in [1.29, 1.82) is 0 Å². The molecule has 26 heavy (non-hydrogen) atoms. The molecule has 1 spiro atoms. The standard InChI is InChI=1S/C20H18N4OS/c1-14-3-5-15(6-4-14)24-19(26)23(18(25)20(24)9-2-10-20)16-7-8-17-21-11-12-22(17)13-16/h3-8,11-13H,2,9-10H2,1H3. The van der Waals surface area contributed by atoms with Gasteiger partial charge in [0.25, 0.3) is 5.91 Å². The average Bonchev–Trinajstić information content (AvgIpc) is 3.15. The van der Waals surface area contributed by atoms with E-state index in [1.807, 2.05) is 28.9 Å². The highest BCUT2D eigenvalue weighted by Crippen LogP contribution is 2.47. The number of nitrogens with zero attached hydrogens (tertiary/aromatic N) is 4.